The molecule has 0 aliphatic heterocycles. The quantitative estimate of drug-likeness (QED) is 0.806. The standard InChI is InChI=1S/C14H29NS/c1-10(2)16-13-9-11(14(3,4)5)7-8-12(13)15-6/h10-13,15H,7-9H2,1-6H3. The van der Waals surface area contributed by atoms with E-state index in [1.54, 1.807) is 0 Å². The Morgan fingerprint density at radius 2 is 1.81 bits per heavy atom. The fraction of sp³-hybridized carbons (Fsp3) is 1.00. The highest BCUT2D eigenvalue weighted by Gasteiger charge is 2.35. The molecule has 0 amide bonds. The molecular formula is C14H29NS. The van der Waals surface area contributed by atoms with E-state index in [4.69, 9.17) is 0 Å². The van der Waals surface area contributed by atoms with Crippen molar-refractivity contribution in [1.29, 1.82) is 0 Å². The molecule has 0 aromatic heterocycles. The average molecular weight is 243 g/mol. The number of rotatable bonds is 3. The van der Waals surface area contributed by atoms with Crippen LogP contribution in [-0.4, -0.2) is 23.6 Å². The first-order chi connectivity index (χ1) is 7.34. The highest BCUT2D eigenvalue weighted by atomic mass is 32.2. The minimum absolute atomic E-state index is 0.481. The lowest BCUT2D eigenvalue weighted by Gasteiger charge is -2.42. The van der Waals surface area contributed by atoms with Crippen molar-refractivity contribution in [3.8, 4) is 0 Å². The topological polar surface area (TPSA) is 12.0 Å². The highest BCUT2D eigenvalue weighted by molar-refractivity contribution is 8.00. The van der Waals surface area contributed by atoms with Gasteiger partial charge >= 0.3 is 0 Å². The lowest BCUT2D eigenvalue weighted by Crippen LogP contribution is -2.43. The molecule has 1 saturated carbocycles. The molecule has 0 spiro atoms. The van der Waals surface area contributed by atoms with E-state index in [0.717, 1.165) is 22.5 Å². The zero-order valence-corrected chi connectivity index (χ0v) is 12.7. The van der Waals surface area contributed by atoms with Crippen LogP contribution in [-0.2, 0) is 0 Å². The SMILES string of the molecule is CNC1CCC(C(C)(C)C)CC1SC(C)C. The Balaban J connectivity index is 2.61. The third kappa shape index (κ3) is 3.96. The maximum absolute atomic E-state index is 3.51. The number of hydrogen-bond donors (Lipinski definition) is 1. The smallest absolute Gasteiger partial charge is 0.0206 e. The molecule has 0 heterocycles. The molecule has 0 aromatic rings. The second kappa shape index (κ2) is 5.77. The third-order valence-electron chi connectivity index (χ3n) is 3.83. The first-order valence-electron chi connectivity index (χ1n) is 6.67. The Morgan fingerprint density at radius 1 is 1.19 bits per heavy atom. The predicted molar refractivity (Wildman–Crippen MR) is 76.2 cm³/mol. The molecular weight excluding hydrogens is 214 g/mol. The monoisotopic (exact) mass is 243 g/mol. The summed E-state index contributed by atoms with van der Waals surface area (Å²) in [7, 11) is 2.12. The largest absolute Gasteiger partial charge is 0.316 e. The summed E-state index contributed by atoms with van der Waals surface area (Å²) in [6.45, 7) is 11.8. The molecule has 1 fully saturated rings. The average Bonchev–Trinajstić information content (AvgIpc) is 2.15. The van der Waals surface area contributed by atoms with Crippen molar-refractivity contribution in [3.63, 3.8) is 0 Å². The number of hydrogen-bond acceptors (Lipinski definition) is 2. The third-order valence-corrected chi connectivity index (χ3v) is 5.25. The Labute approximate surface area is 106 Å². The van der Waals surface area contributed by atoms with Gasteiger partial charge in [0, 0.05) is 11.3 Å². The van der Waals surface area contributed by atoms with E-state index in [9.17, 15) is 0 Å². The van der Waals surface area contributed by atoms with Gasteiger partial charge in [-0.15, -0.1) is 0 Å². The van der Waals surface area contributed by atoms with Crippen LogP contribution in [0.5, 0.6) is 0 Å². The van der Waals surface area contributed by atoms with Crippen molar-refractivity contribution in [2.24, 2.45) is 11.3 Å². The van der Waals surface area contributed by atoms with Gasteiger partial charge in [0.1, 0.15) is 0 Å². The Morgan fingerprint density at radius 3 is 2.25 bits per heavy atom. The number of thioether (sulfide) groups is 1. The summed E-state index contributed by atoms with van der Waals surface area (Å²) >= 11 is 2.17. The molecule has 3 atom stereocenters. The Bertz CT molecular complexity index is 207. The first-order valence-corrected chi connectivity index (χ1v) is 7.61. The van der Waals surface area contributed by atoms with E-state index in [2.05, 4.69) is 58.7 Å². The van der Waals surface area contributed by atoms with Crippen LogP contribution in [0.25, 0.3) is 0 Å². The predicted octanol–water partition coefficient (Wildman–Crippen LogP) is 3.93. The van der Waals surface area contributed by atoms with Gasteiger partial charge in [0.15, 0.2) is 0 Å². The van der Waals surface area contributed by atoms with Crippen molar-refractivity contribution >= 4 is 11.8 Å². The van der Waals surface area contributed by atoms with Crippen molar-refractivity contribution in [3.05, 3.63) is 0 Å². The van der Waals surface area contributed by atoms with Crippen LogP contribution in [0.15, 0.2) is 0 Å². The fourth-order valence-electron chi connectivity index (χ4n) is 2.75. The van der Waals surface area contributed by atoms with Gasteiger partial charge in [-0.05, 0) is 42.9 Å². The molecule has 16 heavy (non-hydrogen) atoms. The summed E-state index contributed by atoms with van der Waals surface area (Å²) in [5, 5.41) is 5.07. The summed E-state index contributed by atoms with van der Waals surface area (Å²) in [6, 6.07) is 0.728. The van der Waals surface area contributed by atoms with Gasteiger partial charge in [-0.1, -0.05) is 34.6 Å². The van der Waals surface area contributed by atoms with Crippen LogP contribution in [0, 0.1) is 11.3 Å². The van der Waals surface area contributed by atoms with Gasteiger partial charge < -0.3 is 5.32 Å². The molecule has 0 bridgehead atoms. The molecule has 2 heteroatoms. The molecule has 1 rings (SSSR count). The molecule has 0 saturated heterocycles. The lowest BCUT2D eigenvalue weighted by atomic mass is 9.71. The van der Waals surface area contributed by atoms with E-state index in [1.807, 2.05) is 0 Å². The molecule has 1 aliphatic carbocycles. The van der Waals surface area contributed by atoms with Crippen LogP contribution in [0.4, 0.5) is 0 Å². The summed E-state index contributed by atoms with van der Waals surface area (Å²) < 4.78 is 0. The van der Waals surface area contributed by atoms with Crippen LogP contribution >= 0.6 is 11.8 Å². The van der Waals surface area contributed by atoms with Gasteiger partial charge in [0.2, 0.25) is 0 Å². The normalized spacial score (nSPS) is 32.1. The van der Waals surface area contributed by atoms with Gasteiger partial charge in [-0.2, -0.15) is 11.8 Å². The van der Waals surface area contributed by atoms with Gasteiger partial charge in [0.05, 0.1) is 0 Å². The molecule has 1 nitrogen and oxygen atoms in total. The minimum atomic E-state index is 0.481. The highest BCUT2D eigenvalue weighted by Crippen LogP contribution is 2.42. The Hall–Kier alpha value is 0.310. The van der Waals surface area contributed by atoms with Crippen LogP contribution < -0.4 is 5.32 Å². The zero-order valence-electron chi connectivity index (χ0n) is 11.8. The van der Waals surface area contributed by atoms with Crippen LogP contribution in [0.1, 0.15) is 53.9 Å². The summed E-state index contributed by atoms with van der Waals surface area (Å²) in [4.78, 5) is 0. The molecule has 1 aliphatic rings. The first kappa shape index (κ1) is 14.4. The van der Waals surface area contributed by atoms with Gasteiger partial charge in [-0.3, -0.25) is 0 Å². The van der Waals surface area contributed by atoms with Crippen LogP contribution in [0.2, 0.25) is 0 Å². The summed E-state index contributed by atoms with van der Waals surface area (Å²) in [5.41, 5.74) is 0.481. The second-order valence-electron chi connectivity index (χ2n) is 6.49. The van der Waals surface area contributed by atoms with E-state index in [-0.39, 0.29) is 0 Å². The van der Waals surface area contributed by atoms with E-state index in [1.165, 1.54) is 19.3 Å². The molecule has 3 unspecified atom stereocenters. The van der Waals surface area contributed by atoms with Crippen molar-refractivity contribution < 1.29 is 0 Å². The zero-order chi connectivity index (χ0) is 12.3. The van der Waals surface area contributed by atoms with Crippen molar-refractivity contribution in [2.45, 2.75) is 70.4 Å². The maximum atomic E-state index is 3.51. The molecule has 0 radical (unpaired) electrons. The molecule has 1 N–H and O–H groups in total. The van der Waals surface area contributed by atoms with Gasteiger partial charge in [0.25, 0.3) is 0 Å². The van der Waals surface area contributed by atoms with Crippen LogP contribution in [0.3, 0.4) is 0 Å². The van der Waals surface area contributed by atoms with Crippen molar-refractivity contribution in [1.82, 2.24) is 5.32 Å². The minimum Gasteiger partial charge on any atom is -0.316 e. The Kier molecular flexibility index (Phi) is 5.18. The lowest BCUT2D eigenvalue weighted by molar-refractivity contribution is 0.167. The van der Waals surface area contributed by atoms with E-state index >= 15 is 0 Å². The summed E-state index contributed by atoms with van der Waals surface area (Å²) in [5.74, 6) is 0.897. The molecule has 96 valence electrons. The number of nitrogens with one attached hydrogen (secondary N) is 1. The van der Waals surface area contributed by atoms with E-state index < -0.39 is 0 Å². The summed E-state index contributed by atoms with van der Waals surface area (Å²) in [6.07, 6.45) is 4.13. The second-order valence-corrected chi connectivity index (χ2v) is 8.31. The van der Waals surface area contributed by atoms with E-state index in [0.29, 0.717) is 5.41 Å². The molecule has 0 aromatic carbocycles. The maximum Gasteiger partial charge on any atom is 0.0206 e. The van der Waals surface area contributed by atoms with Crippen molar-refractivity contribution in [2.75, 3.05) is 7.05 Å². The fourth-order valence-corrected chi connectivity index (χ4v) is 4.25. The van der Waals surface area contributed by atoms with Gasteiger partial charge in [-0.25, -0.2) is 0 Å².